The topological polar surface area (TPSA) is 43.1 Å². The number of amides is 1. The molecular weight excluding hydrogens is 436 g/mol. The van der Waals surface area contributed by atoms with E-state index in [9.17, 15) is 44.3 Å². The maximum Gasteiger partial charge on any atom is 0.460 e. The van der Waals surface area contributed by atoms with Crippen molar-refractivity contribution in [2.75, 3.05) is 0 Å². The van der Waals surface area contributed by atoms with Gasteiger partial charge >= 0.3 is 23.9 Å². The zero-order valence-electron chi connectivity index (χ0n) is 9.96. The van der Waals surface area contributed by atoms with Crippen molar-refractivity contribution in [3.8, 4) is 0 Å². The normalized spacial score (nSPS) is 15.9. The van der Waals surface area contributed by atoms with E-state index in [4.69, 9.17) is 0 Å². The van der Waals surface area contributed by atoms with Crippen LogP contribution < -0.4 is 5.73 Å². The van der Waals surface area contributed by atoms with Crippen molar-refractivity contribution in [3.63, 3.8) is 0 Å². The Morgan fingerprint density at radius 1 is 0.952 bits per heavy atom. The van der Waals surface area contributed by atoms with Crippen molar-refractivity contribution < 1.29 is 44.3 Å². The van der Waals surface area contributed by atoms with Crippen LogP contribution in [0.15, 0.2) is 0 Å². The summed E-state index contributed by atoms with van der Waals surface area (Å²) >= 11 is 1.14. The zero-order valence-corrected chi connectivity index (χ0v) is 12.1. The Labute approximate surface area is 126 Å². The Hall–Kier alpha value is -0.430. The molecule has 0 spiro atoms. The van der Waals surface area contributed by atoms with Crippen LogP contribution in [0.4, 0.5) is 39.5 Å². The molecule has 0 heterocycles. The van der Waals surface area contributed by atoms with Crippen molar-refractivity contribution in [2.24, 2.45) is 5.73 Å². The first-order chi connectivity index (χ1) is 9.06. The molecule has 0 radical (unpaired) electrons. The molecule has 0 aliphatic heterocycles. The predicted octanol–water partition coefficient (Wildman–Crippen LogP) is 3.91. The van der Waals surface area contributed by atoms with Crippen molar-refractivity contribution in [1.29, 1.82) is 0 Å². The van der Waals surface area contributed by atoms with Gasteiger partial charge in [-0.15, -0.1) is 0 Å². The van der Waals surface area contributed by atoms with Crippen LogP contribution in [0.3, 0.4) is 0 Å². The molecule has 1 unspecified atom stereocenters. The lowest BCUT2D eigenvalue weighted by atomic mass is 9.98. The van der Waals surface area contributed by atoms with Crippen LogP contribution >= 0.6 is 22.6 Å². The van der Waals surface area contributed by atoms with Crippen LogP contribution in [-0.2, 0) is 4.79 Å². The van der Waals surface area contributed by atoms with E-state index in [0.717, 1.165) is 22.6 Å². The highest BCUT2D eigenvalue weighted by atomic mass is 127. The number of rotatable bonds is 7. The SMILES string of the molecule is NC(=O)CCC(I)CC(F)(F)C(F)(F)C(F)(F)C(F)(F)F. The molecule has 0 aromatic heterocycles. The van der Waals surface area contributed by atoms with E-state index in [0.29, 0.717) is 0 Å². The number of halogens is 10. The summed E-state index contributed by atoms with van der Waals surface area (Å²) in [5.41, 5.74) is 4.67. The second-order valence-electron chi connectivity index (χ2n) is 4.16. The van der Waals surface area contributed by atoms with Gasteiger partial charge in [-0.3, -0.25) is 4.79 Å². The third-order valence-electron chi connectivity index (χ3n) is 2.39. The maximum absolute atomic E-state index is 13.2. The van der Waals surface area contributed by atoms with Crippen LogP contribution in [-0.4, -0.2) is 33.8 Å². The molecule has 21 heavy (non-hydrogen) atoms. The Morgan fingerprint density at radius 3 is 1.71 bits per heavy atom. The van der Waals surface area contributed by atoms with E-state index < -0.39 is 53.0 Å². The molecule has 0 aliphatic rings. The van der Waals surface area contributed by atoms with Gasteiger partial charge in [0.2, 0.25) is 5.91 Å². The van der Waals surface area contributed by atoms with E-state index in [2.05, 4.69) is 5.73 Å². The Kier molecular flexibility index (Phi) is 6.23. The van der Waals surface area contributed by atoms with Crippen LogP contribution in [0.1, 0.15) is 19.3 Å². The minimum absolute atomic E-state index is 0.459. The third-order valence-corrected chi connectivity index (χ3v) is 3.45. The number of nitrogens with two attached hydrogens (primary N) is 1. The van der Waals surface area contributed by atoms with E-state index >= 15 is 0 Å². The van der Waals surface area contributed by atoms with Gasteiger partial charge in [0.05, 0.1) is 0 Å². The molecule has 0 saturated heterocycles. The first-order valence-electron chi connectivity index (χ1n) is 5.19. The summed E-state index contributed by atoms with van der Waals surface area (Å²) in [6.07, 6.45) is -9.74. The monoisotopic (exact) mass is 445 g/mol. The minimum atomic E-state index is -6.89. The summed E-state index contributed by atoms with van der Waals surface area (Å²) in [7, 11) is 0. The number of hydrogen-bond donors (Lipinski definition) is 1. The van der Waals surface area contributed by atoms with Crippen LogP contribution in [0.25, 0.3) is 0 Å². The van der Waals surface area contributed by atoms with Gasteiger partial charge in [0.25, 0.3) is 0 Å². The fourth-order valence-electron chi connectivity index (χ4n) is 1.21. The summed E-state index contributed by atoms with van der Waals surface area (Å²) in [5, 5.41) is 0. The van der Waals surface area contributed by atoms with Gasteiger partial charge in [0.1, 0.15) is 0 Å². The molecule has 0 bridgehead atoms. The van der Waals surface area contributed by atoms with Crippen LogP contribution in [0.2, 0.25) is 0 Å². The zero-order chi connectivity index (χ0) is 17.3. The summed E-state index contributed by atoms with van der Waals surface area (Å²) in [4.78, 5) is 10.4. The molecule has 0 saturated carbocycles. The fraction of sp³-hybridized carbons (Fsp3) is 0.889. The average molecular weight is 445 g/mol. The lowest BCUT2D eigenvalue weighted by molar-refractivity contribution is -0.396. The molecular formula is C9H9F9INO. The Morgan fingerprint density at radius 2 is 1.38 bits per heavy atom. The van der Waals surface area contributed by atoms with Gasteiger partial charge < -0.3 is 5.73 Å². The first kappa shape index (κ1) is 20.6. The molecule has 12 heteroatoms. The summed E-state index contributed by atoms with van der Waals surface area (Å²) in [6, 6.07) is 0. The number of carbonyl (C=O) groups is 1. The molecule has 0 aromatic rings. The molecule has 2 nitrogen and oxygen atoms in total. The van der Waals surface area contributed by atoms with Crippen LogP contribution in [0.5, 0.6) is 0 Å². The van der Waals surface area contributed by atoms with Crippen molar-refractivity contribution in [3.05, 3.63) is 0 Å². The number of primary amides is 1. The first-order valence-corrected chi connectivity index (χ1v) is 6.43. The second kappa shape index (κ2) is 6.36. The predicted molar refractivity (Wildman–Crippen MR) is 61.7 cm³/mol. The Bertz CT molecular complexity index is 382. The van der Waals surface area contributed by atoms with Crippen molar-refractivity contribution >= 4 is 28.5 Å². The highest BCUT2D eigenvalue weighted by Crippen LogP contribution is 2.54. The highest BCUT2D eigenvalue weighted by Gasteiger charge is 2.81. The molecule has 0 rings (SSSR count). The Balaban J connectivity index is 5.16. The van der Waals surface area contributed by atoms with Gasteiger partial charge in [-0.2, -0.15) is 39.5 Å². The molecule has 1 atom stereocenters. The number of hydrogen-bond acceptors (Lipinski definition) is 1. The van der Waals surface area contributed by atoms with E-state index in [1.165, 1.54) is 0 Å². The second-order valence-corrected chi connectivity index (χ2v) is 5.92. The summed E-state index contributed by atoms with van der Waals surface area (Å²) < 4.78 is 111. The minimum Gasteiger partial charge on any atom is -0.370 e. The van der Waals surface area contributed by atoms with Gasteiger partial charge in [-0.25, -0.2) is 0 Å². The van der Waals surface area contributed by atoms with E-state index in [1.807, 2.05) is 0 Å². The average Bonchev–Trinajstić information content (AvgIpc) is 2.23. The van der Waals surface area contributed by atoms with E-state index in [-0.39, 0.29) is 0 Å². The number of carbonyl (C=O) groups excluding carboxylic acids is 1. The lowest BCUT2D eigenvalue weighted by Crippen LogP contribution is -2.61. The quantitative estimate of drug-likeness (QED) is 0.361. The third kappa shape index (κ3) is 4.52. The molecule has 126 valence electrons. The molecule has 0 fully saturated rings. The molecule has 0 aromatic carbocycles. The maximum atomic E-state index is 13.2. The summed E-state index contributed by atoms with van der Waals surface area (Å²) in [6.45, 7) is 0. The largest absolute Gasteiger partial charge is 0.460 e. The van der Waals surface area contributed by atoms with Gasteiger partial charge in [-0.1, -0.05) is 22.6 Å². The summed E-state index contributed by atoms with van der Waals surface area (Å²) in [5.74, 6) is -20.1. The fourth-order valence-corrected chi connectivity index (χ4v) is 2.08. The van der Waals surface area contributed by atoms with Gasteiger partial charge in [0, 0.05) is 16.8 Å². The molecule has 2 N–H and O–H groups in total. The van der Waals surface area contributed by atoms with Gasteiger partial charge in [0.15, 0.2) is 0 Å². The smallest absolute Gasteiger partial charge is 0.370 e. The standard InChI is InChI=1S/C9H9F9INO/c10-6(11,3-4(19)1-2-5(20)21)7(12,13)8(14,15)9(16,17)18/h4H,1-3H2,(H2,20,21). The van der Waals surface area contributed by atoms with Crippen molar-refractivity contribution in [1.82, 2.24) is 0 Å². The highest BCUT2D eigenvalue weighted by molar-refractivity contribution is 14.1. The van der Waals surface area contributed by atoms with Crippen molar-refractivity contribution in [2.45, 2.75) is 47.1 Å². The lowest BCUT2D eigenvalue weighted by Gasteiger charge is -2.34. The number of alkyl halides is 10. The molecule has 1 amide bonds. The van der Waals surface area contributed by atoms with Gasteiger partial charge in [-0.05, 0) is 6.42 Å². The van der Waals surface area contributed by atoms with Crippen LogP contribution in [0, 0.1) is 0 Å². The van der Waals surface area contributed by atoms with E-state index in [1.54, 1.807) is 0 Å². The molecule has 0 aliphatic carbocycles.